The van der Waals surface area contributed by atoms with Crippen LogP contribution in [0, 0.1) is 12.6 Å². The molecule has 1 aliphatic heterocycles. The van der Waals surface area contributed by atoms with Crippen LogP contribution in [-0.2, 0) is 46.4 Å². The molecule has 1 fully saturated rings. The Morgan fingerprint density at radius 2 is 1.23 bits per heavy atom. The van der Waals surface area contributed by atoms with Crippen molar-refractivity contribution in [1.29, 1.82) is 0 Å². The zero-order valence-corrected chi connectivity index (χ0v) is 9.67. The molecule has 0 bridgehead atoms. The summed E-state index contributed by atoms with van der Waals surface area (Å²) in [6.07, 6.45) is 0. The van der Waals surface area contributed by atoms with E-state index in [0.717, 1.165) is 0 Å². The molecule has 0 saturated carbocycles. The molecule has 0 unspecified atom stereocenters. The molecular formula is C5H12NO6Os-. The van der Waals surface area contributed by atoms with Crippen LogP contribution in [0.5, 0.6) is 0 Å². The van der Waals surface area contributed by atoms with Crippen LogP contribution in [0.4, 0.5) is 0 Å². The van der Waals surface area contributed by atoms with Crippen LogP contribution in [0.1, 0.15) is 0 Å². The maximum absolute atomic E-state index is 10.4. The van der Waals surface area contributed by atoms with Crippen LogP contribution in [0.2, 0.25) is 0 Å². The van der Waals surface area contributed by atoms with Gasteiger partial charge in [0, 0.05) is 0 Å². The summed E-state index contributed by atoms with van der Waals surface area (Å²) < 4.78 is 4.92. The molecule has 82 valence electrons. The van der Waals surface area contributed by atoms with Gasteiger partial charge in [0.25, 0.3) is 0 Å². The number of nitrogens with one attached hydrogen (secondary N) is 1. The molecule has 1 N–H and O–H groups in total. The Bertz CT molecular complexity index is 63.0. The Morgan fingerprint density at radius 1 is 0.923 bits per heavy atom. The molecular weight excluding hydrogens is 360 g/mol. The van der Waals surface area contributed by atoms with Gasteiger partial charge in [-0.25, -0.2) is 0 Å². The number of hydrogen-bond donors (Lipinski definition) is 1. The molecule has 8 heteroatoms. The van der Waals surface area contributed by atoms with Gasteiger partial charge in [-0.2, -0.15) is 0 Å². The maximum Gasteiger partial charge on any atom is 8.00 e. The van der Waals surface area contributed by atoms with Crippen molar-refractivity contribution in [3.63, 3.8) is 0 Å². The van der Waals surface area contributed by atoms with E-state index >= 15 is 0 Å². The minimum Gasteiger partial charge on any atom is -2.00 e. The monoisotopic (exact) mass is 374 g/mol. The summed E-state index contributed by atoms with van der Waals surface area (Å²) in [6, 6.07) is 0. The molecule has 0 spiro atoms. The van der Waals surface area contributed by atoms with Crippen molar-refractivity contribution in [3.05, 3.63) is 12.6 Å². The molecule has 1 heterocycles. The number of morpholine rings is 1. The molecule has 0 aromatic carbocycles. The molecule has 0 aromatic rings. The molecule has 0 amide bonds. The largest absolute Gasteiger partial charge is 8.00 e. The summed E-state index contributed by atoms with van der Waals surface area (Å²) in [7, 11) is 0. The average Bonchev–Trinajstić information content (AvgIpc) is 1.69. The van der Waals surface area contributed by atoms with E-state index in [1.54, 1.807) is 0 Å². The fourth-order valence-corrected chi connectivity index (χ4v) is 0.599. The van der Waals surface area contributed by atoms with Crippen LogP contribution in [-0.4, -0.2) is 26.3 Å². The molecule has 1 saturated heterocycles. The molecule has 0 radical (unpaired) electrons. The van der Waals surface area contributed by atoms with E-state index in [1.807, 2.05) is 0 Å². The number of quaternary nitrogens is 1. The molecule has 1 aliphatic rings. The van der Waals surface area contributed by atoms with E-state index in [0.29, 0.717) is 31.4 Å². The summed E-state index contributed by atoms with van der Waals surface area (Å²) in [5, 5.41) is 10.7. The minimum atomic E-state index is 0. The Hall–Kier alpha value is 0.356. The van der Waals surface area contributed by atoms with Gasteiger partial charge in [-0.05, 0) is 0 Å². The Balaban J connectivity index is -0.0000000204. The van der Waals surface area contributed by atoms with Crippen molar-refractivity contribution in [2.75, 3.05) is 26.3 Å². The van der Waals surface area contributed by atoms with Crippen molar-refractivity contribution in [2.45, 2.75) is 0 Å². The first-order valence-corrected chi connectivity index (χ1v) is 2.49. The van der Waals surface area contributed by atoms with E-state index in [9.17, 15) is 5.21 Å². The second-order valence-corrected chi connectivity index (χ2v) is 1.65. The summed E-state index contributed by atoms with van der Waals surface area (Å²) in [4.78, 5) is 0. The third kappa shape index (κ3) is 19.0. The first kappa shape index (κ1) is 37.7. The quantitative estimate of drug-likeness (QED) is 0.401. The van der Waals surface area contributed by atoms with Crippen LogP contribution in [0.25, 0.3) is 0 Å². The maximum atomic E-state index is 10.4. The summed E-state index contributed by atoms with van der Waals surface area (Å²) in [5.74, 6) is 0. The van der Waals surface area contributed by atoms with Crippen LogP contribution in [0.3, 0.4) is 0 Å². The molecule has 0 atom stereocenters. The second kappa shape index (κ2) is 22.8. The van der Waals surface area contributed by atoms with Gasteiger partial charge in [-0.1, -0.05) is 0 Å². The second-order valence-electron chi connectivity index (χ2n) is 1.65. The van der Waals surface area contributed by atoms with Gasteiger partial charge in [-0.15, -0.1) is 0 Å². The number of hydrogen-bond acceptors (Lipinski definition) is 2. The number of hydroxylamine groups is 2. The van der Waals surface area contributed by atoms with Gasteiger partial charge in [-0.3, -0.25) is 0 Å². The molecule has 13 heavy (non-hydrogen) atoms. The zero-order valence-electron chi connectivity index (χ0n) is 7.13. The van der Waals surface area contributed by atoms with Gasteiger partial charge in [0.15, 0.2) is 0 Å². The van der Waals surface area contributed by atoms with Gasteiger partial charge in [0.1, 0.15) is 13.1 Å². The molecule has 0 aliphatic carbocycles. The van der Waals surface area contributed by atoms with Crippen molar-refractivity contribution >= 4 is 0 Å². The zero-order chi connectivity index (χ0) is 5.11. The van der Waals surface area contributed by atoms with E-state index in [1.165, 1.54) is 0 Å². The molecule has 1 rings (SSSR count). The molecule has 0 aromatic heterocycles. The van der Waals surface area contributed by atoms with Crippen molar-refractivity contribution in [1.82, 2.24) is 0 Å². The van der Waals surface area contributed by atoms with Crippen molar-refractivity contribution in [2.24, 2.45) is 0 Å². The predicted molar refractivity (Wildman–Crippen MR) is 34.0 cm³/mol. The van der Waals surface area contributed by atoms with Crippen molar-refractivity contribution < 1.29 is 51.5 Å². The van der Waals surface area contributed by atoms with Crippen LogP contribution >= 0.6 is 0 Å². The summed E-state index contributed by atoms with van der Waals surface area (Å²) in [6.45, 7) is 2.53. The first-order valence-electron chi connectivity index (χ1n) is 2.49. The SMILES string of the molecule is [CH3-].[O-2].[O-2].[O-2].[O-2].[O-][NH+]1CCOCC1.[Os+8]. The fourth-order valence-electron chi connectivity index (χ4n) is 0.599. The van der Waals surface area contributed by atoms with E-state index < -0.39 is 0 Å². The normalized spacial score (nSPS) is 13.6. The standard InChI is InChI=1S/C4H9NO2.CH3.4O.Os/c6-5-1-3-7-4-2-5;;;;;;/h5H,1-4H2;1H3;;;;;/q;-1;4*-2;+8. The third-order valence-corrected chi connectivity index (χ3v) is 1.05. The Kier molecular flexibility index (Phi) is 66.2. The van der Waals surface area contributed by atoms with Crippen LogP contribution < -0.4 is 5.06 Å². The number of ether oxygens (including phenoxy) is 1. The fraction of sp³-hybridized carbons (Fsp3) is 0.800. The Labute approximate surface area is 90.9 Å². The van der Waals surface area contributed by atoms with Crippen LogP contribution in [0.15, 0.2) is 0 Å². The summed E-state index contributed by atoms with van der Waals surface area (Å²) in [5.41, 5.74) is 0. The van der Waals surface area contributed by atoms with Crippen molar-refractivity contribution in [3.8, 4) is 0 Å². The topological polar surface area (TPSA) is 151 Å². The van der Waals surface area contributed by atoms with E-state index in [2.05, 4.69) is 0 Å². The Morgan fingerprint density at radius 3 is 1.38 bits per heavy atom. The van der Waals surface area contributed by atoms with Gasteiger partial charge >= 0.3 is 19.8 Å². The predicted octanol–water partition coefficient (Wildman–Crippen LogP) is -1.63. The van der Waals surface area contributed by atoms with Gasteiger partial charge in [0.05, 0.1) is 13.2 Å². The summed E-state index contributed by atoms with van der Waals surface area (Å²) >= 11 is 0. The smallest absolute Gasteiger partial charge is 2.00 e. The average molecular weight is 372 g/mol. The molecule has 7 nitrogen and oxygen atoms in total. The van der Waals surface area contributed by atoms with Gasteiger partial charge in [0.2, 0.25) is 0 Å². The first-order chi connectivity index (χ1) is 3.39. The number of rotatable bonds is 0. The van der Waals surface area contributed by atoms with Gasteiger partial charge < -0.3 is 44.3 Å². The third-order valence-electron chi connectivity index (χ3n) is 1.05. The van der Waals surface area contributed by atoms with E-state index in [-0.39, 0.29) is 49.1 Å². The minimum absolute atomic E-state index is 0. The van der Waals surface area contributed by atoms with E-state index in [4.69, 9.17) is 4.74 Å².